The lowest BCUT2D eigenvalue weighted by Gasteiger charge is -2.18. The van der Waals surface area contributed by atoms with Crippen LogP contribution in [0.2, 0.25) is 0 Å². The summed E-state index contributed by atoms with van der Waals surface area (Å²) in [5.74, 6) is -1.21. The molecule has 0 fully saturated rings. The van der Waals surface area contributed by atoms with Gasteiger partial charge in [0, 0.05) is 36.9 Å². The van der Waals surface area contributed by atoms with Crippen molar-refractivity contribution in [1.82, 2.24) is 9.97 Å². The van der Waals surface area contributed by atoms with E-state index in [0.717, 1.165) is 6.26 Å². The number of hydrogen-bond donors (Lipinski definition) is 0. The maximum atomic E-state index is 14.5. The molecule has 27 heavy (non-hydrogen) atoms. The second-order valence-corrected chi connectivity index (χ2v) is 7.97. The van der Waals surface area contributed by atoms with E-state index in [4.69, 9.17) is 0 Å². The van der Waals surface area contributed by atoms with Crippen LogP contribution in [0, 0.1) is 5.82 Å². The van der Waals surface area contributed by atoms with Gasteiger partial charge < -0.3 is 4.90 Å². The molecule has 0 spiro atoms. The first kappa shape index (κ1) is 18.7. The Morgan fingerprint density at radius 1 is 1.00 bits per heavy atom. The van der Waals surface area contributed by atoms with Crippen LogP contribution in [0.4, 0.5) is 10.1 Å². The van der Waals surface area contributed by atoms with Gasteiger partial charge in [0.25, 0.3) is 5.91 Å². The number of nitrogens with zero attached hydrogens (tertiary/aromatic N) is 3. The number of benzene rings is 2. The summed E-state index contributed by atoms with van der Waals surface area (Å²) in [5.41, 5.74) is 1.56. The van der Waals surface area contributed by atoms with Crippen LogP contribution in [0.5, 0.6) is 0 Å². The van der Waals surface area contributed by atoms with Gasteiger partial charge in [-0.2, -0.15) is 0 Å². The smallest absolute Gasteiger partial charge is 0.260 e. The zero-order chi connectivity index (χ0) is 19.6. The number of aromatic nitrogens is 2. The number of sulfone groups is 1. The Balaban J connectivity index is 1.87. The Kier molecular flexibility index (Phi) is 5.00. The number of rotatable bonds is 4. The maximum absolute atomic E-state index is 14.5. The van der Waals surface area contributed by atoms with E-state index in [-0.39, 0.29) is 10.5 Å². The van der Waals surface area contributed by atoms with Gasteiger partial charge in [0.1, 0.15) is 12.1 Å². The zero-order valence-electron chi connectivity index (χ0n) is 14.6. The maximum Gasteiger partial charge on any atom is 0.260 e. The highest BCUT2D eigenvalue weighted by Gasteiger charge is 2.19. The zero-order valence-corrected chi connectivity index (χ0v) is 15.4. The number of hydrogen-bond acceptors (Lipinski definition) is 5. The standard InChI is InChI=1S/C19H16FN3O3S/c1-23(15-4-6-16(7-5-15)27(2,25)26)19(24)17-8-3-13(9-18(17)20)14-10-21-12-22-11-14/h3-12H,1-2H3. The lowest BCUT2D eigenvalue weighted by molar-refractivity contribution is 0.0989. The molecule has 0 N–H and O–H groups in total. The van der Waals surface area contributed by atoms with Crippen molar-refractivity contribution in [3.63, 3.8) is 0 Å². The molecule has 2 aromatic carbocycles. The third-order valence-corrected chi connectivity index (χ3v) is 5.18. The molecule has 0 aliphatic rings. The fourth-order valence-corrected chi connectivity index (χ4v) is 3.16. The first-order valence-corrected chi connectivity index (χ1v) is 9.79. The lowest BCUT2D eigenvalue weighted by Crippen LogP contribution is -2.27. The van der Waals surface area contributed by atoms with E-state index in [1.165, 1.54) is 54.7 Å². The van der Waals surface area contributed by atoms with E-state index in [2.05, 4.69) is 9.97 Å². The average Bonchev–Trinajstić information content (AvgIpc) is 2.67. The van der Waals surface area contributed by atoms with Crippen molar-refractivity contribution in [3.8, 4) is 11.1 Å². The van der Waals surface area contributed by atoms with Crippen LogP contribution in [0.25, 0.3) is 11.1 Å². The molecule has 1 amide bonds. The van der Waals surface area contributed by atoms with Crippen molar-refractivity contribution in [2.24, 2.45) is 0 Å². The van der Waals surface area contributed by atoms with Crippen molar-refractivity contribution < 1.29 is 17.6 Å². The predicted molar refractivity (Wildman–Crippen MR) is 99.7 cm³/mol. The van der Waals surface area contributed by atoms with Crippen LogP contribution in [0.1, 0.15) is 10.4 Å². The summed E-state index contributed by atoms with van der Waals surface area (Å²) in [5, 5.41) is 0. The summed E-state index contributed by atoms with van der Waals surface area (Å²) in [4.78, 5) is 21.8. The van der Waals surface area contributed by atoms with Gasteiger partial charge in [0.05, 0.1) is 10.5 Å². The first-order valence-electron chi connectivity index (χ1n) is 7.90. The third kappa shape index (κ3) is 4.01. The molecule has 1 heterocycles. The highest BCUT2D eigenvalue weighted by atomic mass is 32.2. The second-order valence-electron chi connectivity index (χ2n) is 5.95. The Morgan fingerprint density at radius 3 is 2.19 bits per heavy atom. The van der Waals surface area contributed by atoms with E-state index >= 15 is 0 Å². The molecule has 3 rings (SSSR count). The monoisotopic (exact) mass is 385 g/mol. The average molecular weight is 385 g/mol. The number of carbonyl (C=O) groups excluding carboxylic acids is 1. The normalized spacial score (nSPS) is 11.2. The summed E-state index contributed by atoms with van der Waals surface area (Å²) < 4.78 is 37.6. The van der Waals surface area contributed by atoms with E-state index in [1.54, 1.807) is 18.5 Å². The van der Waals surface area contributed by atoms with E-state index in [9.17, 15) is 17.6 Å². The van der Waals surface area contributed by atoms with Crippen LogP contribution in [-0.2, 0) is 9.84 Å². The molecule has 6 nitrogen and oxygen atoms in total. The minimum Gasteiger partial charge on any atom is -0.311 e. The topological polar surface area (TPSA) is 80.2 Å². The minimum atomic E-state index is -3.33. The molecule has 8 heteroatoms. The third-order valence-electron chi connectivity index (χ3n) is 4.05. The van der Waals surface area contributed by atoms with Gasteiger partial charge in [-0.1, -0.05) is 6.07 Å². The van der Waals surface area contributed by atoms with Crippen LogP contribution < -0.4 is 4.90 Å². The van der Waals surface area contributed by atoms with Crippen molar-refractivity contribution >= 4 is 21.4 Å². The summed E-state index contributed by atoms with van der Waals surface area (Å²) in [6.07, 6.45) is 5.59. The molecule has 0 aliphatic carbocycles. The Morgan fingerprint density at radius 2 is 1.63 bits per heavy atom. The van der Waals surface area contributed by atoms with E-state index in [1.807, 2.05) is 0 Å². The van der Waals surface area contributed by atoms with Crippen LogP contribution in [-0.4, -0.2) is 37.6 Å². The highest BCUT2D eigenvalue weighted by Crippen LogP contribution is 2.23. The number of amides is 1. The molecule has 0 unspecified atom stereocenters. The molecule has 0 bridgehead atoms. The quantitative estimate of drug-likeness (QED) is 0.690. The van der Waals surface area contributed by atoms with Crippen LogP contribution in [0.3, 0.4) is 0 Å². The van der Waals surface area contributed by atoms with E-state index in [0.29, 0.717) is 16.8 Å². The fraction of sp³-hybridized carbons (Fsp3) is 0.105. The van der Waals surface area contributed by atoms with Crippen LogP contribution in [0.15, 0.2) is 66.1 Å². The largest absolute Gasteiger partial charge is 0.311 e. The molecule has 0 saturated carbocycles. The number of anilines is 1. The summed E-state index contributed by atoms with van der Waals surface area (Å²) >= 11 is 0. The van der Waals surface area contributed by atoms with Gasteiger partial charge in [-0.3, -0.25) is 4.79 Å². The fourth-order valence-electron chi connectivity index (χ4n) is 2.53. The van der Waals surface area contributed by atoms with Gasteiger partial charge in [0.2, 0.25) is 0 Å². The number of halogens is 1. The second kappa shape index (κ2) is 7.24. The lowest BCUT2D eigenvalue weighted by atomic mass is 10.1. The minimum absolute atomic E-state index is 0.0923. The summed E-state index contributed by atoms with van der Waals surface area (Å²) in [6.45, 7) is 0. The molecular formula is C19H16FN3O3S. The molecule has 3 aromatic rings. The number of carbonyl (C=O) groups is 1. The Hall–Kier alpha value is -3.13. The van der Waals surface area contributed by atoms with Gasteiger partial charge in [0.15, 0.2) is 9.84 Å². The van der Waals surface area contributed by atoms with Gasteiger partial charge >= 0.3 is 0 Å². The summed E-state index contributed by atoms with van der Waals surface area (Å²) in [7, 11) is -1.83. The molecule has 1 aromatic heterocycles. The molecule has 0 radical (unpaired) electrons. The van der Waals surface area contributed by atoms with Crippen molar-refractivity contribution in [2.45, 2.75) is 4.90 Å². The molecule has 0 aliphatic heterocycles. The van der Waals surface area contributed by atoms with E-state index < -0.39 is 21.6 Å². The van der Waals surface area contributed by atoms with Crippen molar-refractivity contribution in [3.05, 3.63) is 72.6 Å². The highest BCUT2D eigenvalue weighted by molar-refractivity contribution is 7.90. The molecule has 0 atom stereocenters. The first-order chi connectivity index (χ1) is 12.8. The van der Waals surface area contributed by atoms with Crippen molar-refractivity contribution in [1.29, 1.82) is 0 Å². The predicted octanol–water partition coefficient (Wildman–Crippen LogP) is 2.96. The molecule has 138 valence electrons. The molecular weight excluding hydrogens is 369 g/mol. The van der Waals surface area contributed by atoms with Gasteiger partial charge in [-0.15, -0.1) is 0 Å². The Labute approximate surface area is 156 Å². The van der Waals surface area contributed by atoms with Crippen molar-refractivity contribution in [2.75, 3.05) is 18.2 Å². The summed E-state index contributed by atoms with van der Waals surface area (Å²) in [6, 6.07) is 10.1. The SMILES string of the molecule is CN(C(=O)c1ccc(-c2cncnc2)cc1F)c1ccc(S(C)(=O)=O)cc1. The van der Waals surface area contributed by atoms with Gasteiger partial charge in [-0.25, -0.2) is 22.8 Å². The Bertz CT molecular complexity index is 1080. The van der Waals surface area contributed by atoms with Crippen LogP contribution >= 0.6 is 0 Å². The van der Waals surface area contributed by atoms with Gasteiger partial charge in [-0.05, 0) is 42.0 Å². The molecule has 0 saturated heterocycles.